The molecule has 3 nitrogen and oxygen atoms in total. The quantitative estimate of drug-likeness (QED) is 0.714. The number of likely N-dealkylation sites (tertiary alicyclic amines) is 1. The van der Waals surface area contributed by atoms with E-state index in [2.05, 4.69) is 63.2 Å². The van der Waals surface area contributed by atoms with Gasteiger partial charge in [-0.05, 0) is 56.6 Å². The van der Waals surface area contributed by atoms with Gasteiger partial charge in [0.1, 0.15) is 0 Å². The number of amides is 1. The molecule has 0 aliphatic carbocycles. The van der Waals surface area contributed by atoms with E-state index in [0.29, 0.717) is 0 Å². The molecular weight excluding hydrogens is 340 g/mol. The highest BCUT2D eigenvalue weighted by molar-refractivity contribution is 7.17. The minimum atomic E-state index is 0.209. The monoisotopic (exact) mass is 372 g/mol. The zero-order valence-corrected chi connectivity index (χ0v) is 17.7. The fraction of sp³-hybridized carbons (Fsp3) is 0.500. The number of hydrogen-bond acceptors (Lipinski definition) is 3. The summed E-state index contributed by atoms with van der Waals surface area (Å²) in [4.78, 5) is 18.9. The molecule has 1 fully saturated rings. The molecule has 0 atom stereocenters. The molecule has 1 saturated heterocycles. The van der Waals surface area contributed by atoms with Crippen molar-refractivity contribution in [2.75, 3.05) is 27.2 Å². The number of nitrogens with zero attached hydrogens (tertiary/aromatic N) is 2. The molecule has 3 rings (SSSR count). The molecule has 0 spiro atoms. The standard InChI is InChI=1S/C19H24N2OS.C3H8/c1-14-12-17(16-8-6-15(7-9-16)13-20(2)3)23-18(14)19(22)21-10-4-5-11-21;1-3-2/h6-9,12H,4-5,10-11,13H2,1-3H3;3H2,1-2H3. The summed E-state index contributed by atoms with van der Waals surface area (Å²) in [6.07, 6.45) is 3.52. The Morgan fingerprint density at radius 2 is 1.69 bits per heavy atom. The van der Waals surface area contributed by atoms with Crippen molar-refractivity contribution in [2.45, 2.75) is 46.6 Å². The molecular formula is C22H32N2OS. The van der Waals surface area contributed by atoms with Gasteiger partial charge in [0, 0.05) is 24.5 Å². The molecule has 142 valence electrons. The molecule has 1 aliphatic rings. The number of carbonyl (C=O) groups is 1. The third-order valence-electron chi connectivity index (χ3n) is 4.24. The summed E-state index contributed by atoms with van der Waals surface area (Å²) in [6, 6.07) is 10.8. The maximum atomic E-state index is 12.6. The van der Waals surface area contributed by atoms with Crippen molar-refractivity contribution in [3.63, 3.8) is 0 Å². The van der Waals surface area contributed by atoms with Gasteiger partial charge in [0.05, 0.1) is 4.88 Å². The van der Waals surface area contributed by atoms with Crippen LogP contribution in [0.1, 0.15) is 53.9 Å². The Labute approximate surface area is 162 Å². The number of benzene rings is 1. The SMILES string of the molecule is CCC.Cc1cc(-c2ccc(CN(C)C)cc2)sc1C(=O)N1CCCC1. The molecule has 26 heavy (non-hydrogen) atoms. The third-order valence-corrected chi connectivity index (χ3v) is 5.52. The van der Waals surface area contributed by atoms with E-state index in [-0.39, 0.29) is 5.91 Å². The van der Waals surface area contributed by atoms with E-state index in [4.69, 9.17) is 0 Å². The Kier molecular flexibility index (Phi) is 7.85. The van der Waals surface area contributed by atoms with E-state index in [1.807, 2.05) is 11.8 Å². The summed E-state index contributed by atoms with van der Waals surface area (Å²) < 4.78 is 0. The van der Waals surface area contributed by atoms with E-state index in [1.165, 1.54) is 22.4 Å². The first kappa shape index (κ1) is 20.7. The Morgan fingerprint density at radius 3 is 2.23 bits per heavy atom. The summed E-state index contributed by atoms with van der Waals surface area (Å²) in [5.74, 6) is 0.209. The van der Waals surface area contributed by atoms with E-state index < -0.39 is 0 Å². The largest absolute Gasteiger partial charge is 0.338 e. The van der Waals surface area contributed by atoms with Crippen LogP contribution in [0, 0.1) is 6.92 Å². The van der Waals surface area contributed by atoms with Crippen LogP contribution in [-0.2, 0) is 6.54 Å². The number of aryl methyl sites for hydroxylation is 1. The van der Waals surface area contributed by atoms with Crippen molar-refractivity contribution >= 4 is 17.2 Å². The first-order chi connectivity index (χ1) is 12.5. The van der Waals surface area contributed by atoms with Gasteiger partial charge in [-0.15, -0.1) is 11.3 Å². The maximum Gasteiger partial charge on any atom is 0.264 e. The molecule has 2 heterocycles. The highest BCUT2D eigenvalue weighted by Crippen LogP contribution is 2.32. The Hall–Kier alpha value is -1.65. The Morgan fingerprint density at radius 1 is 1.12 bits per heavy atom. The van der Waals surface area contributed by atoms with Crippen LogP contribution in [0.3, 0.4) is 0 Å². The first-order valence-corrected chi connectivity index (χ1v) is 10.4. The number of rotatable bonds is 4. The summed E-state index contributed by atoms with van der Waals surface area (Å²) in [7, 11) is 4.15. The molecule has 1 aromatic heterocycles. The molecule has 0 saturated carbocycles. The predicted octanol–water partition coefficient (Wildman–Crippen LogP) is 5.44. The predicted molar refractivity (Wildman–Crippen MR) is 113 cm³/mol. The average molecular weight is 373 g/mol. The second-order valence-corrected chi connectivity index (χ2v) is 8.32. The van der Waals surface area contributed by atoms with Crippen LogP contribution in [0.15, 0.2) is 30.3 Å². The van der Waals surface area contributed by atoms with Gasteiger partial charge in [0.15, 0.2) is 0 Å². The van der Waals surface area contributed by atoms with Crippen molar-refractivity contribution in [3.05, 3.63) is 46.3 Å². The van der Waals surface area contributed by atoms with Crippen molar-refractivity contribution < 1.29 is 4.79 Å². The lowest BCUT2D eigenvalue weighted by Crippen LogP contribution is -2.27. The summed E-state index contributed by atoms with van der Waals surface area (Å²) >= 11 is 1.63. The van der Waals surface area contributed by atoms with Crippen molar-refractivity contribution in [2.24, 2.45) is 0 Å². The van der Waals surface area contributed by atoms with Crippen LogP contribution in [0.2, 0.25) is 0 Å². The minimum Gasteiger partial charge on any atom is -0.338 e. The molecule has 1 amide bonds. The summed E-state index contributed by atoms with van der Waals surface area (Å²) in [5.41, 5.74) is 3.60. The van der Waals surface area contributed by atoms with Gasteiger partial charge in [-0.25, -0.2) is 0 Å². The van der Waals surface area contributed by atoms with Crippen molar-refractivity contribution in [1.82, 2.24) is 9.80 Å². The van der Waals surface area contributed by atoms with Gasteiger partial charge >= 0.3 is 0 Å². The normalized spacial score (nSPS) is 13.7. The van der Waals surface area contributed by atoms with Crippen LogP contribution in [0.25, 0.3) is 10.4 Å². The summed E-state index contributed by atoms with van der Waals surface area (Å²) in [5, 5.41) is 0. The lowest BCUT2D eigenvalue weighted by atomic mass is 10.1. The third kappa shape index (κ3) is 5.42. The fourth-order valence-corrected chi connectivity index (χ4v) is 4.19. The number of carbonyl (C=O) groups excluding carboxylic acids is 1. The van der Waals surface area contributed by atoms with Crippen LogP contribution >= 0.6 is 11.3 Å². The molecule has 1 aromatic carbocycles. The smallest absolute Gasteiger partial charge is 0.264 e. The van der Waals surface area contributed by atoms with Crippen LogP contribution in [0.5, 0.6) is 0 Å². The fourth-order valence-electron chi connectivity index (χ4n) is 3.04. The Bertz CT molecular complexity index is 697. The molecule has 1 aliphatic heterocycles. The van der Waals surface area contributed by atoms with Crippen LogP contribution in [0.4, 0.5) is 0 Å². The second-order valence-electron chi connectivity index (χ2n) is 7.26. The van der Waals surface area contributed by atoms with Gasteiger partial charge in [-0.3, -0.25) is 4.79 Å². The molecule has 0 N–H and O–H groups in total. The average Bonchev–Trinajstić information content (AvgIpc) is 3.25. The van der Waals surface area contributed by atoms with E-state index in [0.717, 1.165) is 42.9 Å². The van der Waals surface area contributed by atoms with Crippen molar-refractivity contribution in [1.29, 1.82) is 0 Å². The molecule has 0 unspecified atom stereocenters. The Balaban J connectivity index is 0.000000758. The van der Waals surface area contributed by atoms with Crippen LogP contribution < -0.4 is 0 Å². The lowest BCUT2D eigenvalue weighted by Gasteiger charge is -2.14. The molecule has 2 aromatic rings. The topological polar surface area (TPSA) is 23.6 Å². The van der Waals surface area contributed by atoms with Gasteiger partial charge in [-0.1, -0.05) is 44.5 Å². The second kappa shape index (κ2) is 9.89. The zero-order chi connectivity index (χ0) is 19.1. The van der Waals surface area contributed by atoms with Gasteiger partial charge < -0.3 is 9.80 Å². The van der Waals surface area contributed by atoms with Gasteiger partial charge in [0.25, 0.3) is 5.91 Å². The van der Waals surface area contributed by atoms with Gasteiger partial charge in [-0.2, -0.15) is 0 Å². The maximum absolute atomic E-state index is 12.6. The van der Waals surface area contributed by atoms with E-state index in [1.54, 1.807) is 11.3 Å². The minimum absolute atomic E-state index is 0.209. The first-order valence-electron chi connectivity index (χ1n) is 9.60. The van der Waals surface area contributed by atoms with Gasteiger partial charge in [0.2, 0.25) is 0 Å². The lowest BCUT2D eigenvalue weighted by molar-refractivity contribution is 0.0797. The molecule has 0 bridgehead atoms. The number of thiophene rings is 1. The number of hydrogen-bond donors (Lipinski definition) is 0. The highest BCUT2D eigenvalue weighted by Gasteiger charge is 2.23. The highest BCUT2D eigenvalue weighted by atomic mass is 32.1. The van der Waals surface area contributed by atoms with Crippen molar-refractivity contribution in [3.8, 4) is 10.4 Å². The molecule has 0 radical (unpaired) electrons. The van der Waals surface area contributed by atoms with Crippen LogP contribution in [-0.4, -0.2) is 42.9 Å². The van der Waals surface area contributed by atoms with E-state index >= 15 is 0 Å². The zero-order valence-electron chi connectivity index (χ0n) is 16.8. The van der Waals surface area contributed by atoms with E-state index in [9.17, 15) is 4.79 Å². The molecule has 4 heteroatoms. The summed E-state index contributed by atoms with van der Waals surface area (Å²) in [6.45, 7) is 9.06.